The maximum Gasteiger partial charge on any atom is 0.191 e. The number of hydrazone groups is 1. The summed E-state index contributed by atoms with van der Waals surface area (Å²) in [5, 5.41) is 13.5. The van der Waals surface area contributed by atoms with Crippen molar-refractivity contribution in [2.45, 2.75) is 36.5 Å². The fourth-order valence-electron chi connectivity index (χ4n) is 2.65. The highest BCUT2D eigenvalue weighted by atomic mass is 32.2. The second kappa shape index (κ2) is 4.70. The topological polar surface area (TPSA) is 98.9 Å². The van der Waals surface area contributed by atoms with Crippen molar-refractivity contribution in [1.82, 2.24) is 0 Å². The fraction of sp³-hybridized carbons (Fsp3) is 0.429. The van der Waals surface area contributed by atoms with Gasteiger partial charge in [0.25, 0.3) is 0 Å². The summed E-state index contributed by atoms with van der Waals surface area (Å²) in [4.78, 5) is 21.4. The Labute approximate surface area is 127 Å². The zero-order chi connectivity index (χ0) is 16.1. The molecule has 1 heterocycles. The van der Waals surface area contributed by atoms with Crippen molar-refractivity contribution in [1.29, 1.82) is 0 Å². The first kappa shape index (κ1) is 14.8. The third kappa shape index (κ3) is 2.14. The summed E-state index contributed by atoms with van der Waals surface area (Å²) in [6.45, 7) is 3.21. The van der Waals surface area contributed by atoms with Gasteiger partial charge in [-0.2, -0.15) is 0 Å². The largest absolute Gasteiger partial charge is 0.475 e. The standard InChI is InChI=1S/C14H16N2O5S/c1-14(2)21-11-6-5-10(7-12(11)22(14,20)8-17)13(9-3-4-9)15-16(18)19/h5-9,22H,3-4H2,1-2H3/b15-13-. The van der Waals surface area contributed by atoms with Gasteiger partial charge >= 0.3 is 0 Å². The molecule has 0 atom stereocenters. The highest BCUT2D eigenvalue weighted by Crippen LogP contribution is 2.46. The zero-order valence-electron chi connectivity index (χ0n) is 12.2. The van der Waals surface area contributed by atoms with Gasteiger partial charge in [0.05, 0.1) is 10.00 Å². The third-order valence-corrected chi connectivity index (χ3v) is 7.13. The fourth-order valence-corrected chi connectivity index (χ4v) is 4.61. The SMILES string of the molecule is CC1(C)Oc2ccc(/C(=N\[N+](=O)[O-])C3CC3)cc2[SH]1(=O)C=O. The monoisotopic (exact) mass is 324 g/mol. The first-order valence-electron chi connectivity index (χ1n) is 6.91. The molecule has 22 heavy (non-hydrogen) atoms. The van der Waals surface area contributed by atoms with Gasteiger partial charge in [-0.1, -0.05) is 0 Å². The molecule has 0 bridgehead atoms. The summed E-state index contributed by atoms with van der Waals surface area (Å²) in [5.74, 6) is 0.440. The molecule has 0 radical (unpaired) electrons. The van der Waals surface area contributed by atoms with E-state index in [-0.39, 0.29) is 5.92 Å². The van der Waals surface area contributed by atoms with Crippen LogP contribution in [0.3, 0.4) is 0 Å². The molecule has 0 unspecified atom stereocenters. The van der Waals surface area contributed by atoms with Crippen LogP contribution in [0.1, 0.15) is 32.3 Å². The van der Waals surface area contributed by atoms with E-state index in [1.54, 1.807) is 32.0 Å². The summed E-state index contributed by atoms with van der Waals surface area (Å²) in [6, 6.07) is 4.82. The summed E-state index contributed by atoms with van der Waals surface area (Å²) in [5.41, 5.74) is 1.35. The van der Waals surface area contributed by atoms with E-state index in [1.165, 1.54) is 0 Å². The summed E-state index contributed by atoms with van der Waals surface area (Å²) < 4.78 is 18.6. The molecule has 1 saturated carbocycles. The Morgan fingerprint density at radius 1 is 1.50 bits per heavy atom. The highest BCUT2D eigenvalue weighted by Gasteiger charge is 2.47. The molecular formula is C14H16N2O5S. The van der Waals surface area contributed by atoms with Crippen LogP contribution in [0.2, 0.25) is 0 Å². The number of hydrogen-bond acceptors (Lipinski definition) is 5. The van der Waals surface area contributed by atoms with Crippen LogP contribution in [-0.4, -0.2) is 25.5 Å². The second-order valence-electron chi connectivity index (χ2n) is 5.99. The van der Waals surface area contributed by atoms with Crippen molar-refractivity contribution in [2.24, 2.45) is 11.0 Å². The summed E-state index contributed by atoms with van der Waals surface area (Å²) in [7, 11) is -3.38. The molecule has 2 aliphatic rings. The molecule has 0 spiro atoms. The Hall–Kier alpha value is -2.09. The Morgan fingerprint density at radius 2 is 2.18 bits per heavy atom. The smallest absolute Gasteiger partial charge is 0.191 e. The third-order valence-electron chi connectivity index (χ3n) is 4.07. The Balaban J connectivity index is 2.13. The minimum atomic E-state index is -3.38. The van der Waals surface area contributed by atoms with Crippen LogP contribution in [0.25, 0.3) is 0 Å². The van der Waals surface area contributed by atoms with Crippen LogP contribution < -0.4 is 4.74 Å². The van der Waals surface area contributed by atoms with Crippen molar-refractivity contribution in [3.8, 4) is 5.75 Å². The maximum atomic E-state index is 13.0. The van der Waals surface area contributed by atoms with Gasteiger partial charge in [0.15, 0.2) is 15.6 Å². The molecular weight excluding hydrogens is 308 g/mol. The second-order valence-corrected chi connectivity index (χ2v) is 9.08. The molecule has 0 aromatic heterocycles. The average Bonchev–Trinajstić information content (AvgIpc) is 3.25. The van der Waals surface area contributed by atoms with Crippen molar-refractivity contribution in [3.05, 3.63) is 33.9 Å². The van der Waals surface area contributed by atoms with E-state index >= 15 is 0 Å². The number of hydrogen-bond donors (Lipinski definition) is 1. The predicted molar refractivity (Wildman–Crippen MR) is 82.0 cm³/mol. The molecule has 8 heteroatoms. The molecule has 0 N–H and O–H groups in total. The molecule has 3 rings (SSSR count). The Morgan fingerprint density at radius 3 is 2.73 bits per heavy atom. The number of carbonyl (C=O) groups is 1. The molecule has 118 valence electrons. The van der Waals surface area contributed by atoms with E-state index < -0.39 is 19.9 Å². The van der Waals surface area contributed by atoms with Crippen molar-refractivity contribution < 1.29 is 18.8 Å². The first-order valence-corrected chi connectivity index (χ1v) is 8.69. The zero-order valence-corrected chi connectivity index (χ0v) is 13.1. The van der Waals surface area contributed by atoms with Gasteiger partial charge in [-0.25, -0.2) is 10.1 Å². The number of thiol groups is 1. The molecule has 1 aliphatic carbocycles. The van der Waals surface area contributed by atoms with Crippen LogP contribution in [-0.2, 0) is 14.7 Å². The summed E-state index contributed by atoms with van der Waals surface area (Å²) in [6.07, 6.45) is 1.69. The van der Waals surface area contributed by atoms with Gasteiger partial charge in [-0.05, 0) is 44.9 Å². The molecule has 0 amide bonds. The van der Waals surface area contributed by atoms with Gasteiger partial charge in [0, 0.05) is 21.4 Å². The molecule has 1 fully saturated rings. The number of rotatable bonds is 4. The molecule has 1 aromatic rings. The lowest BCUT2D eigenvalue weighted by Gasteiger charge is -2.26. The molecule has 1 aromatic carbocycles. The van der Waals surface area contributed by atoms with Crippen LogP contribution in [0, 0.1) is 16.0 Å². The lowest BCUT2D eigenvalue weighted by Crippen LogP contribution is -2.38. The van der Waals surface area contributed by atoms with E-state index in [1.807, 2.05) is 0 Å². The minimum absolute atomic E-state index is 0.0504. The number of nitrogens with zero attached hydrogens (tertiary/aromatic N) is 2. The first-order chi connectivity index (χ1) is 10.3. The van der Waals surface area contributed by atoms with Crippen molar-refractivity contribution in [3.63, 3.8) is 0 Å². The van der Waals surface area contributed by atoms with Crippen LogP contribution >= 0.6 is 0 Å². The Kier molecular flexibility index (Phi) is 3.17. The van der Waals surface area contributed by atoms with Gasteiger partial charge in [-0.3, -0.25) is 9.00 Å². The minimum Gasteiger partial charge on any atom is -0.475 e. The van der Waals surface area contributed by atoms with Crippen molar-refractivity contribution in [2.75, 3.05) is 0 Å². The predicted octanol–water partition coefficient (Wildman–Crippen LogP) is 1.77. The van der Waals surface area contributed by atoms with Gasteiger partial charge in [0.2, 0.25) is 0 Å². The van der Waals surface area contributed by atoms with E-state index in [0.29, 0.717) is 27.5 Å². The van der Waals surface area contributed by atoms with Gasteiger partial charge < -0.3 is 4.74 Å². The molecule has 1 aliphatic heterocycles. The van der Waals surface area contributed by atoms with E-state index in [4.69, 9.17) is 4.74 Å². The lowest BCUT2D eigenvalue weighted by atomic mass is 10.1. The van der Waals surface area contributed by atoms with Crippen LogP contribution in [0.4, 0.5) is 0 Å². The number of ether oxygens (including phenoxy) is 1. The van der Waals surface area contributed by atoms with E-state index in [9.17, 15) is 19.1 Å². The van der Waals surface area contributed by atoms with Gasteiger partial charge in [-0.15, -0.1) is 0 Å². The average molecular weight is 324 g/mol. The molecule has 0 saturated heterocycles. The number of nitro groups is 1. The van der Waals surface area contributed by atoms with Crippen LogP contribution in [0.15, 0.2) is 28.2 Å². The normalized spacial score (nSPS) is 23.3. The van der Waals surface area contributed by atoms with E-state index in [0.717, 1.165) is 12.8 Å². The number of carbonyl (C=O) groups excluding carboxylic acids is 1. The number of fused-ring (bicyclic) bond motifs is 1. The lowest BCUT2D eigenvalue weighted by molar-refractivity contribution is -0.485. The van der Waals surface area contributed by atoms with Gasteiger partial charge in [0.1, 0.15) is 11.5 Å². The maximum absolute atomic E-state index is 13.0. The summed E-state index contributed by atoms with van der Waals surface area (Å²) >= 11 is 0. The molecule has 7 nitrogen and oxygen atoms in total. The number of benzene rings is 1. The highest BCUT2D eigenvalue weighted by molar-refractivity contribution is 8.16. The van der Waals surface area contributed by atoms with Crippen molar-refractivity contribution >= 4 is 21.3 Å². The quantitative estimate of drug-likeness (QED) is 0.299. The van der Waals surface area contributed by atoms with E-state index in [2.05, 4.69) is 5.10 Å². The van der Waals surface area contributed by atoms with Crippen LogP contribution in [0.5, 0.6) is 5.75 Å². The Bertz CT molecular complexity index is 752.